The Kier molecular flexibility index (Phi) is 1.58. The van der Waals surface area contributed by atoms with Crippen LogP contribution in [0.15, 0.2) is 0 Å². The lowest BCUT2D eigenvalue weighted by Crippen LogP contribution is -2.45. The van der Waals surface area contributed by atoms with Crippen LogP contribution >= 0.6 is 0 Å². The second kappa shape index (κ2) is 2.15. The third kappa shape index (κ3) is 1.40. The van der Waals surface area contributed by atoms with E-state index in [-0.39, 0.29) is 11.5 Å². The van der Waals surface area contributed by atoms with E-state index in [1.807, 2.05) is 0 Å². The Morgan fingerprint density at radius 2 is 2.20 bits per heavy atom. The molecule has 0 N–H and O–H groups in total. The lowest BCUT2D eigenvalue weighted by atomic mass is 9.93. The van der Waals surface area contributed by atoms with E-state index in [1.165, 1.54) is 0 Å². The van der Waals surface area contributed by atoms with E-state index in [0.717, 1.165) is 6.54 Å². The lowest BCUT2D eigenvalue weighted by molar-refractivity contribution is 0.0190. The number of hydrogen-bond donors (Lipinski definition) is 0. The van der Waals surface area contributed by atoms with Crippen LogP contribution in [0.1, 0.15) is 13.8 Å². The topological polar surface area (TPSA) is 29.5 Å². The summed E-state index contributed by atoms with van der Waals surface area (Å²) >= 11 is 0. The smallest absolute Gasteiger partial charge is 0.409 e. The standard InChI is InChI=1S/C7H13NO2/c1-7(2)4-8(3)6(9)10-5-7/h4-5H2,1-3H3. The molecule has 1 rings (SSSR count). The largest absolute Gasteiger partial charge is 0.449 e. The Balaban J connectivity index is 2.57. The molecule has 10 heavy (non-hydrogen) atoms. The van der Waals surface area contributed by atoms with E-state index in [0.29, 0.717) is 6.61 Å². The lowest BCUT2D eigenvalue weighted by Gasteiger charge is -2.34. The minimum absolute atomic E-state index is 0.114. The fourth-order valence-electron chi connectivity index (χ4n) is 1.12. The number of carbonyl (C=O) groups is 1. The minimum atomic E-state index is -0.209. The Bertz CT molecular complexity index is 154. The predicted octanol–water partition coefficient (Wildman–Crippen LogP) is 1.09. The maximum Gasteiger partial charge on any atom is 0.409 e. The van der Waals surface area contributed by atoms with Crippen molar-refractivity contribution in [3.8, 4) is 0 Å². The molecule has 1 amide bonds. The molecule has 1 saturated heterocycles. The van der Waals surface area contributed by atoms with Gasteiger partial charge in [0.1, 0.15) is 0 Å². The highest BCUT2D eigenvalue weighted by molar-refractivity contribution is 5.68. The van der Waals surface area contributed by atoms with E-state index in [2.05, 4.69) is 13.8 Å². The zero-order valence-electron chi connectivity index (χ0n) is 6.68. The second-order valence-electron chi connectivity index (χ2n) is 3.57. The van der Waals surface area contributed by atoms with Gasteiger partial charge in [0.25, 0.3) is 0 Å². The molecule has 1 aliphatic heterocycles. The molecule has 0 aromatic rings. The van der Waals surface area contributed by atoms with Gasteiger partial charge in [-0.3, -0.25) is 0 Å². The first kappa shape index (κ1) is 7.38. The summed E-state index contributed by atoms with van der Waals surface area (Å²) in [6.45, 7) is 5.48. The minimum Gasteiger partial charge on any atom is -0.449 e. The third-order valence-corrected chi connectivity index (χ3v) is 1.56. The molecule has 0 radical (unpaired) electrons. The van der Waals surface area contributed by atoms with Crippen LogP contribution in [0.4, 0.5) is 4.79 Å². The van der Waals surface area contributed by atoms with Crippen molar-refractivity contribution in [1.29, 1.82) is 0 Å². The molecule has 1 fully saturated rings. The van der Waals surface area contributed by atoms with E-state index in [9.17, 15) is 4.79 Å². The SMILES string of the molecule is CN1CC(C)(C)COC1=O. The van der Waals surface area contributed by atoms with Crippen LogP contribution in [0.3, 0.4) is 0 Å². The quantitative estimate of drug-likeness (QED) is 0.508. The van der Waals surface area contributed by atoms with Crippen molar-refractivity contribution in [3.63, 3.8) is 0 Å². The average molecular weight is 143 g/mol. The monoisotopic (exact) mass is 143 g/mol. The van der Waals surface area contributed by atoms with Crippen LogP contribution in [-0.2, 0) is 4.74 Å². The molecule has 1 aliphatic rings. The normalized spacial score (nSPS) is 24.3. The molecule has 1 heterocycles. The molecular formula is C7H13NO2. The van der Waals surface area contributed by atoms with E-state index in [1.54, 1.807) is 11.9 Å². The highest BCUT2D eigenvalue weighted by atomic mass is 16.6. The summed E-state index contributed by atoms with van der Waals surface area (Å²) < 4.78 is 4.89. The predicted molar refractivity (Wildman–Crippen MR) is 37.8 cm³/mol. The van der Waals surface area contributed by atoms with Gasteiger partial charge in [-0.15, -0.1) is 0 Å². The molecule has 0 aromatic heterocycles. The number of hydrogen-bond acceptors (Lipinski definition) is 2. The first-order valence-corrected chi connectivity index (χ1v) is 3.39. The maximum atomic E-state index is 10.8. The zero-order valence-corrected chi connectivity index (χ0v) is 6.68. The number of cyclic esters (lactones) is 1. The molecule has 0 saturated carbocycles. The number of amides is 1. The van der Waals surface area contributed by atoms with E-state index in [4.69, 9.17) is 4.74 Å². The summed E-state index contributed by atoms with van der Waals surface area (Å²) in [5.41, 5.74) is 0.114. The van der Waals surface area contributed by atoms with Crippen molar-refractivity contribution in [3.05, 3.63) is 0 Å². The van der Waals surface area contributed by atoms with Crippen molar-refractivity contribution in [2.45, 2.75) is 13.8 Å². The van der Waals surface area contributed by atoms with Gasteiger partial charge < -0.3 is 9.64 Å². The molecule has 0 bridgehead atoms. The third-order valence-electron chi connectivity index (χ3n) is 1.56. The van der Waals surface area contributed by atoms with Gasteiger partial charge in [0.15, 0.2) is 0 Å². The first-order valence-electron chi connectivity index (χ1n) is 3.39. The van der Waals surface area contributed by atoms with Crippen LogP contribution in [0.5, 0.6) is 0 Å². The van der Waals surface area contributed by atoms with Crippen molar-refractivity contribution in [1.82, 2.24) is 4.90 Å². The van der Waals surface area contributed by atoms with Crippen molar-refractivity contribution < 1.29 is 9.53 Å². The van der Waals surface area contributed by atoms with Crippen LogP contribution < -0.4 is 0 Å². The Labute approximate surface area is 61.0 Å². The van der Waals surface area contributed by atoms with Gasteiger partial charge in [0.2, 0.25) is 0 Å². The summed E-state index contributed by atoms with van der Waals surface area (Å²) in [7, 11) is 1.75. The zero-order chi connectivity index (χ0) is 7.78. The molecule has 3 nitrogen and oxygen atoms in total. The van der Waals surface area contributed by atoms with E-state index < -0.39 is 0 Å². The molecule has 0 aliphatic carbocycles. The van der Waals surface area contributed by atoms with Crippen molar-refractivity contribution >= 4 is 6.09 Å². The highest BCUT2D eigenvalue weighted by Gasteiger charge is 2.30. The van der Waals surface area contributed by atoms with Crippen molar-refractivity contribution in [2.24, 2.45) is 5.41 Å². The summed E-state index contributed by atoms with van der Waals surface area (Å²) in [6, 6.07) is 0. The van der Waals surface area contributed by atoms with Gasteiger partial charge in [-0.05, 0) is 0 Å². The molecule has 0 spiro atoms. The van der Waals surface area contributed by atoms with Gasteiger partial charge in [-0.2, -0.15) is 0 Å². The molecule has 3 heteroatoms. The number of ether oxygens (including phenoxy) is 1. The van der Waals surface area contributed by atoms with Crippen molar-refractivity contribution in [2.75, 3.05) is 20.2 Å². The Hall–Kier alpha value is -0.730. The van der Waals surface area contributed by atoms with Gasteiger partial charge in [0.05, 0.1) is 6.61 Å². The van der Waals surface area contributed by atoms with Gasteiger partial charge in [-0.25, -0.2) is 4.79 Å². The Morgan fingerprint density at radius 1 is 1.60 bits per heavy atom. The van der Waals surface area contributed by atoms with E-state index >= 15 is 0 Å². The van der Waals surface area contributed by atoms with Crippen LogP contribution in [0, 0.1) is 5.41 Å². The van der Waals surface area contributed by atoms with Gasteiger partial charge in [-0.1, -0.05) is 13.8 Å². The van der Waals surface area contributed by atoms with Gasteiger partial charge >= 0.3 is 6.09 Å². The number of nitrogens with zero attached hydrogens (tertiary/aromatic N) is 1. The highest BCUT2D eigenvalue weighted by Crippen LogP contribution is 2.21. The molecular weight excluding hydrogens is 130 g/mol. The maximum absolute atomic E-state index is 10.8. The molecule has 0 aromatic carbocycles. The average Bonchev–Trinajstić information content (AvgIpc) is 1.79. The van der Waals surface area contributed by atoms with Crippen LogP contribution in [0.25, 0.3) is 0 Å². The summed E-state index contributed by atoms with van der Waals surface area (Å²) in [6.07, 6.45) is -0.209. The Morgan fingerprint density at radius 3 is 2.60 bits per heavy atom. The first-order chi connectivity index (χ1) is 4.51. The van der Waals surface area contributed by atoms with Crippen LogP contribution in [-0.4, -0.2) is 31.2 Å². The van der Waals surface area contributed by atoms with Crippen LogP contribution in [0.2, 0.25) is 0 Å². The fourth-order valence-corrected chi connectivity index (χ4v) is 1.12. The summed E-state index contributed by atoms with van der Waals surface area (Å²) in [5, 5.41) is 0. The number of rotatable bonds is 0. The van der Waals surface area contributed by atoms with Gasteiger partial charge in [0, 0.05) is 19.0 Å². The fraction of sp³-hybridized carbons (Fsp3) is 0.857. The second-order valence-corrected chi connectivity index (χ2v) is 3.57. The number of carbonyl (C=O) groups excluding carboxylic acids is 1. The summed E-state index contributed by atoms with van der Waals surface area (Å²) in [4.78, 5) is 12.4. The molecule has 0 atom stereocenters. The molecule has 0 unspecified atom stereocenters. The summed E-state index contributed by atoms with van der Waals surface area (Å²) in [5.74, 6) is 0. The molecule has 58 valence electrons.